The van der Waals surface area contributed by atoms with Gasteiger partial charge in [-0.2, -0.15) is 0 Å². The summed E-state index contributed by atoms with van der Waals surface area (Å²) in [6.45, 7) is 0. The highest BCUT2D eigenvalue weighted by Crippen LogP contribution is 2.21. The van der Waals surface area contributed by atoms with Gasteiger partial charge in [-0.3, -0.25) is 10.1 Å². The Morgan fingerprint density at radius 3 is 2.48 bits per heavy atom. The minimum absolute atomic E-state index is 0.00236. The summed E-state index contributed by atoms with van der Waals surface area (Å²) in [5.41, 5.74) is 0.444. The van der Waals surface area contributed by atoms with Crippen LogP contribution >= 0.6 is 23.8 Å². The average molecular weight is 351 g/mol. The molecule has 8 heteroatoms. The molecular weight excluding hydrogens is 340 g/mol. The number of hydrogen-bond donors (Lipinski definition) is 4. The van der Waals surface area contributed by atoms with Gasteiger partial charge >= 0.3 is 5.97 Å². The largest absolute Gasteiger partial charge is 0.507 e. The van der Waals surface area contributed by atoms with Crippen LogP contribution in [0.5, 0.6) is 5.75 Å². The van der Waals surface area contributed by atoms with Crippen LogP contribution in [0.3, 0.4) is 0 Å². The molecule has 118 valence electrons. The van der Waals surface area contributed by atoms with Crippen LogP contribution in [0.4, 0.5) is 5.69 Å². The molecule has 23 heavy (non-hydrogen) atoms. The zero-order valence-electron chi connectivity index (χ0n) is 11.5. The Hall–Kier alpha value is -2.64. The van der Waals surface area contributed by atoms with Crippen molar-refractivity contribution in [3.63, 3.8) is 0 Å². The molecule has 2 aromatic rings. The van der Waals surface area contributed by atoms with E-state index < -0.39 is 17.6 Å². The molecule has 2 rings (SSSR count). The van der Waals surface area contributed by atoms with E-state index in [1.165, 1.54) is 24.3 Å². The molecule has 0 aliphatic rings. The summed E-state index contributed by atoms with van der Waals surface area (Å²) in [7, 11) is 0. The molecule has 0 atom stereocenters. The third kappa shape index (κ3) is 4.41. The molecule has 0 unspecified atom stereocenters. The van der Waals surface area contributed by atoms with E-state index >= 15 is 0 Å². The van der Waals surface area contributed by atoms with Crippen molar-refractivity contribution in [1.82, 2.24) is 5.32 Å². The van der Waals surface area contributed by atoms with Crippen molar-refractivity contribution in [3.8, 4) is 5.75 Å². The highest BCUT2D eigenvalue weighted by atomic mass is 35.5. The molecule has 0 heterocycles. The lowest BCUT2D eigenvalue weighted by molar-refractivity contribution is 0.0693. The monoisotopic (exact) mass is 350 g/mol. The van der Waals surface area contributed by atoms with Crippen LogP contribution in [-0.4, -0.2) is 27.2 Å². The quantitative estimate of drug-likeness (QED) is 0.635. The lowest BCUT2D eigenvalue weighted by Gasteiger charge is -2.10. The molecule has 4 N–H and O–H groups in total. The van der Waals surface area contributed by atoms with Crippen LogP contribution in [0.1, 0.15) is 20.7 Å². The number of hydrogen-bond acceptors (Lipinski definition) is 4. The van der Waals surface area contributed by atoms with E-state index in [0.29, 0.717) is 16.3 Å². The highest BCUT2D eigenvalue weighted by Gasteiger charge is 2.12. The summed E-state index contributed by atoms with van der Waals surface area (Å²) < 4.78 is 0. The van der Waals surface area contributed by atoms with E-state index in [1.807, 2.05) is 0 Å². The smallest absolute Gasteiger partial charge is 0.339 e. The lowest BCUT2D eigenvalue weighted by atomic mass is 10.2. The number of amides is 1. The van der Waals surface area contributed by atoms with Gasteiger partial charge in [0.25, 0.3) is 5.91 Å². The molecule has 0 fully saturated rings. The van der Waals surface area contributed by atoms with Gasteiger partial charge in [0.1, 0.15) is 11.3 Å². The van der Waals surface area contributed by atoms with Crippen molar-refractivity contribution >= 4 is 46.5 Å². The Morgan fingerprint density at radius 1 is 1.13 bits per heavy atom. The third-order valence-electron chi connectivity index (χ3n) is 2.80. The van der Waals surface area contributed by atoms with Crippen molar-refractivity contribution in [2.75, 3.05) is 5.32 Å². The standard InChI is InChI=1S/C15H11ClN2O4S/c16-9-3-1-2-8(6-9)13(20)18-15(23)17-10-4-5-11(14(21)22)12(19)7-10/h1-7,19H,(H,21,22)(H2,17,18,20,23). The molecule has 1 amide bonds. The zero-order valence-corrected chi connectivity index (χ0v) is 13.1. The molecular formula is C15H11ClN2O4S. The van der Waals surface area contributed by atoms with E-state index in [0.717, 1.165) is 0 Å². The Kier molecular flexibility index (Phi) is 5.15. The number of thiocarbonyl (C=S) groups is 1. The molecule has 0 radical (unpaired) electrons. The lowest BCUT2D eigenvalue weighted by Crippen LogP contribution is -2.34. The first-order chi connectivity index (χ1) is 10.9. The predicted octanol–water partition coefficient (Wildman–Crippen LogP) is 2.87. The van der Waals surface area contributed by atoms with Gasteiger partial charge in [-0.1, -0.05) is 17.7 Å². The first-order valence-corrected chi connectivity index (χ1v) is 7.09. The Bertz CT molecular complexity index is 795. The molecule has 0 bridgehead atoms. The number of carbonyl (C=O) groups is 2. The fraction of sp³-hybridized carbons (Fsp3) is 0. The molecule has 2 aromatic carbocycles. The number of aromatic hydroxyl groups is 1. The molecule has 0 saturated carbocycles. The normalized spacial score (nSPS) is 9.96. The predicted molar refractivity (Wildman–Crippen MR) is 90.2 cm³/mol. The number of rotatable bonds is 3. The Morgan fingerprint density at radius 2 is 1.87 bits per heavy atom. The second-order valence-corrected chi connectivity index (χ2v) is 5.30. The van der Waals surface area contributed by atoms with Gasteiger partial charge in [0.2, 0.25) is 0 Å². The number of aromatic carboxylic acids is 1. The van der Waals surface area contributed by atoms with Gasteiger partial charge in [-0.15, -0.1) is 0 Å². The fourth-order valence-corrected chi connectivity index (χ4v) is 2.16. The number of carboxylic acids is 1. The number of halogens is 1. The Balaban J connectivity index is 2.03. The van der Waals surface area contributed by atoms with Crippen molar-refractivity contribution in [1.29, 1.82) is 0 Å². The minimum Gasteiger partial charge on any atom is -0.507 e. The second kappa shape index (κ2) is 7.08. The second-order valence-electron chi connectivity index (χ2n) is 4.46. The van der Waals surface area contributed by atoms with Gasteiger partial charge in [0.15, 0.2) is 5.11 Å². The number of nitrogens with one attached hydrogen (secondary N) is 2. The molecule has 6 nitrogen and oxygen atoms in total. The van der Waals surface area contributed by atoms with Crippen molar-refractivity contribution < 1.29 is 19.8 Å². The summed E-state index contributed by atoms with van der Waals surface area (Å²) in [4.78, 5) is 22.8. The number of phenols is 1. The third-order valence-corrected chi connectivity index (χ3v) is 3.24. The van der Waals surface area contributed by atoms with Gasteiger partial charge < -0.3 is 15.5 Å². The van der Waals surface area contributed by atoms with E-state index in [-0.39, 0.29) is 10.7 Å². The average Bonchev–Trinajstić information content (AvgIpc) is 2.46. The van der Waals surface area contributed by atoms with Crippen molar-refractivity contribution in [3.05, 3.63) is 58.6 Å². The molecule has 0 aliphatic heterocycles. The van der Waals surface area contributed by atoms with Gasteiger partial charge in [-0.25, -0.2) is 4.79 Å². The first-order valence-electron chi connectivity index (χ1n) is 6.31. The summed E-state index contributed by atoms with van der Waals surface area (Å²) in [6, 6.07) is 10.2. The van der Waals surface area contributed by atoms with Gasteiger partial charge in [-0.05, 0) is 42.5 Å². The maximum Gasteiger partial charge on any atom is 0.339 e. The topological polar surface area (TPSA) is 98.7 Å². The van der Waals surface area contributed by atoms with Gasteiger partial charge in [0, 0.05) is 22.3 Å². The summed E-state index contributed by atoms with van der Waals surface area (Å²) in [5.74, 6) is -2.10. The summed E-state index contributed by atoms with van der Waals surface area (Å²) in [6.07, 6.45) is 0. The van der Waals surface area contributed by atoms with E-state index in [9.17, 15) is 14.7 Å². The fourth-order valence-electron chi connectivity index (χ4n) is 1.76. The maximum atomic E-state index is 12.0. The van der Waals surface area contributed by atoms with Crippen molar-refractivity contribution in [2.45, 2.75) is 0 Å². The number of carbonyl (C=O) groups excluding carboxylic acids is 1. The molecule has 0 aromatic heterocycles. The summed E-state index contributed by atoms with van der Waals surface area (Å²) >= 11 is 10.8. The summed E-state index contributed by atoms with van der Waals surface area (Å²) in [5, 5.41) is 24.0. The van der Waals surface area contributed by atoms with E-state index in [2.05, 4.69) is 10.6 Å². The van der Waals surface area contributed by atoms with Crippen LogP contribution in [-0.2, 0) is 0 Å². The molecule has 0 spiro atoms. The van der Waals surface area contributed by atoms with Crippen molar-refractivity contribution in [2.24, 2.45) is 0 Å². The van der Waals surface area contributed by atoms with Crippen LogP contribution < -0.4 is 10.6 Å². The van der Waals surface area contributed by atoms with Crippen LogP contribution in [0, 0.1) is 0 Å². The number of anilines is 1. The van der Waals surface area contributed by atoms with Crippen LogP contribution in [0.25, 0.3) is 0 Å². The SMILES string of the molecule is O=C(NC(=S)Nc1ccc(C(=O)O)c(O)c1)c1cccc(Cl)c1. The van der Waals surface area contributed by atoms with Gasteiger partial charge in [0.05, 0.1) is 0 Å². The number of benzene rings is 2. The van der Waals surface area contributed by atoms with Crippen LogP contribution in [0.2, 0.25) is 5.02 Å². The van der Waals surface area contributed by atoms with E-state index in [1.54, 1.807) is 18.2 Å². The van der Waals surface area contributed by atoms with Crippen LogP contribution in [0.15, 0.2) is 42.5 Å². The molecule has 0 aliphatic carbocycles. The maximum absolute atomic E-state index is 12.0. The molecule has 0 saturated heterocycles. The highest BCUT2D eigenvalue weighted by molar-refractivity contribution is 7.80. The van der Waals surface area contributed by atoms with E-state index in [4.69, 9.17) is 28.9 Å². The zero-order chi connectivity index (χ0) is 17.0. The number of carboxylic acid groups (broad SMARTS) is 1. The minimum atomic E-state index is -1.24. The Labute approximate surface area is 141 Å². The first kappa shape index (κ1) is 16.7.